The molecule has 0 saturated heterocycles. The van der Waals surface area contributed by atoms with Crippen molar-refractivity contribution in [2.45, 2.75) is 17.8 Å². The molecule has 142 valence electrons. The monoisotopic (exact) mass is 400 g/mol. The molecule has 0 fully saturated rings. The Labute approximate surface area is 172 Å². The van der Waals surface area contributed by atoms with Crippen LogP contribution in [-0.4, -0.2) is 14.8 Å². The molecule has 3 aromatic carbocycles. The standard InChI is InChI=1S/C23H17FN4S/c1-16-6-12-19(13-7-16)28-22(20-4-2-3-5-21(20)24)26-27-23(28)29-15-18-10-8-17(14-25)9-11-18/h2-13H,15H2,1H3. The third-order valence-corrected chi connectivity index (χ3v) is 5.49. The van der Waals surface area contributed by atoms with Gasteiger partial charge in [-0.15, -0.1) is 10.2 Å². The lowest BCUT2D eigenvalue weighted by Gasteiger charge is -2.11. The highest BCUT2D eigenvalue weighted by atomic mass is 32.2. The van der Waals surface area contributed by atoms with Crippen LogP contribution in [0.4, 0.5) is 4.39 Å². The second-order valence-corrected chi connectivity index (χ2v) is 7.50. The topological polar surface area (TPSA) is 54.5 Å². The number of aromatic nitrogens is 3. The van der Waals surface area contributed by atoms with Gasteiger partial charge in [0.05, 0.1) is 17.2 Å². The van der Waals surface area contributed by atoms with Crippen LogP contribution in [0.15, 0.2) is 78.0 Å². The van der Waals surface area contributed by atoms with Crippen LogP contribution in [-0.2, 0) is 5.75 Å². The van der Waals surface area contributed by atoms with Crippen molar-refractivity contribution in [1.29, 1.82) is 5.26 Å². The lowest BCUT2D eigenvalue weighted by atomic mass is 10.2. The highest BCUT2D eigenvalue weighted by molar-refractivity contribution is 7.98. The number of hydrogen-bond donors (Lipinski definition) is 0. The fourth-order valence-corrected chi connectivity index (χ4v) is 3.84. The highest BCUT2D eigenvalue weighted by Crippen LogP contribution is 2.31. The molecule has 0 saturated carbocycles. The molecule has 6 heteroatoms. The number of aryl methyl sites for hydroxylation is 1. The summed E-state index contributed by atoms with van der Waals surface area (Å²) in [6.07, 6.45) is 0. The van der Waals surface area contributed by atoms with Crippen LogP contribution in [0.5, 0.6) is 0 Å². The van der Waals surface area contributed by atoms with Crippen molar-refractivity contribution in [1.82, 2.24) is 14.8 Å². The second-order valence-electron chi connectivity index (χ2n) is 6.55. The molecular formula is C23H17FN4S. The number of nitrogens with zero attached hydrogens (tertiary/aromatic N) is 4. The Morgan fingerprint density at radius 1 is 0.966 bits per heavy atom. The third-order valence-electron chi connectivity index (χ3n) is 4.49. The van der Waals surface area contributed by atoms with Crippen molar-refractivity contribution < 1.29 is 4.39 Å². The molecule has 1 aromatic heterocycles. The van der Waals surface area contributed by atoms with Crippen molar-refractivity contribution in [3.05, 3.63) is 95.3 Å². The van der Waals surface area contributed by atoms with Gasteiger partial charge in [-0.05, 0) is 48.9 Å². The number of thioether (sulfide) groups is 1. The molecule has 0 aliphatic rings. The Kier molecular flexibility index (Phi) is 5.41. The molecule has 0 atom stereocenters. The lowest BCUT2D eigenvalue weighted by molar-refractivity contribution is 0.629. The van der Waals surface area contributed by atoms with E-state index < -0.39 is 0 Å². The van der Waals surface area contributed by atoms with Crippen molar-refractivity contribution in [3.63, 3.8) is 0 Å². The van der Waals surface area contributed by atoms with E-state index in [1.807, 2.05) is 47.9 Å². The maximum absolute atomic E-state index is 14.5. The third kappa shape index (κ3) is 4.05. The van der Waals surface area contributed by atoms with Gasteiger partial charge in [0.15, 0.2) is 11.0 Å². The molecular weight excluding hydrogens is 383 g/mol. The SMILES string of the molecule is Cc1ccc(-n2c(SCc3ccc(C#N)cc3)nnc2-c2ccccc2F)cc1. The predicted molar refractivity (Wildman–Crippen MR) is 112 cm³/mol. The summed E-state index contributed by atoms with van der Waals surface area (Å²) in [7, 11) is 0. The van der Waals surface area contributed by atoms with Gasteiger partial charge >= 0.3 is 0 Å². The average Bonchev–Trinajstić information content (AvgIpc) is 3.17. The Morgan fingerprint density at radius 2 is 1.69 bits per heavy atom. The molecule has 0 aliphatic heterocycles. The summed E-state index contributed by atoms with van der Waals surface area (Å²) >= 11 is 1.52. The summed E-state index contributed by atoms with van der Waals surface area (Å²) in [6, 6.07) is 24.1. The van der Waals surface area contributed by atoms with E-state index in [9.17, 15) is 4.39 Å². The number of nitriles is 1. The Morgan fingerprint density at radius 3 is 2.38 bits per heavy atom. The molecule has 29 heavy (non-hydrogen) atoms. The first kappa shape index (κ1) is 18.9. The molecule has 4 rings (SSSR count). The Balaban J connectivity index is 1.72. The first-order chi connectivity index (χ1) is 14.2. The predicted octanol–water partition coefficient (Wildman–Crippen LogP) is 5.55. The highest BCUT2D eigenvalue weighted by Gasteiger charge is 2.18. The van der Waals surface area contributed by atoms with Gasteiger partial charge in [0.1, 0.15) is 5.82 Å². The Bertz CT molecular complexity index is 1170. The van der Waals surface area contributed by atoms with Gasteiger partial charge < -0.3 is 0 Å². The minimum Gasteiger partial charge on any atom is -0.270 e. The summed E-state index contributed by atoms with van der Waals surface area (Å²) < 4.78 is 16.3. The van der Waals surface area contributed by atoms with Crippen molar-refractivity contribution in [3.8, 4) is 23.1 Å². The summed E-state index contributed by atoms with van der Waals surface area (Å²) in [5.41, 5.74) is 4.12. The molecule has 0 unspecified atom stereocenters. The van der Waals surface area contributed by atoms with Crippen LogP contribution < -0.4 is 0 Å². The number of halogens is 1. The number of rotatable bonds is 5. The quantitative estimate of drug-likeness (QED) is 0.412. The zero-order valence-electron chi connectivity index (χ0n) is 15.7. The van der Waals surface area contributed by atoms with Crippen molar-refractivity contribution in [2.24, 2.45) is 0 Å². The van der Waals surface area contributed by atoms with Crippen LogP contribution in [0.25, 0.3) is 17.1 Å². The molecule has 0 aliphatic carbocycles. The van der Waals surface area contributed by atoms with Gasteiger partial charge in [0, 0.05) is 11.4 Å². The van der Waals surface area contributed by atoms with E-state index in [1.165, 1.54) is 17.8 Å². The van der Waals surface area contributed by atoms with E-state index in [-0.39, 0.29) is 5.82 Å². The lowest BCUT2D eigenvalue weighted by Crippen LogP contribution is -2.01. The molecule has 4 aromatic rings. The van der Waals surface area contributed by atoms with Gasteiger partial charge in [0.2, 0.25) is 0 Å². The first-order valence-electron chi connectivity index (χ1n) is 9.05. The average molecular weight is 400 g/mol. The normalized spacial score (nSPS) is 10.7. The number of benzene rings is 3. The van der Waals surface area contributed by atoms with E-state index in [0.717, 1.165) is 16.8 Å². The fraction of sp³-hybridized carbons (Fsp3) is 0.0870. The summed E-state index contributed by atoms with van der Waals surface area (Å²) in [6.45, 7) is 2.02. The molecule has 0 amide bonds. The summed E-state index contributed by atoms with van der Waals surface area (Å²) in [5.74, 6) is 0.790. The fourth-order valence-electron chi connectivity index (χ4n) is 2.93. The van der Waals surface area contributed by atoms with E-state index in [0.29, 0.717) is 27.9 Å². The van der Waals surface area contributed by atoms with Gasteiger partial charge in [-0.1, -0.05) is 53.7 Å². The van der Waals surface area contributed by atoms with Crippen LogP contribution in [0.2, 0.25) is 0 Å². The molecule has 1 heterocycles. The van der Waals surface area contributed by atoms with E-state index in [4.69, 9.17) is 5.26 Å². The number of hydrogen-bond acceptors (Lipinski definition) is 4. The molecule has 0 spiro atoms. The van der Waals surface area contributed by atoms with Crippen molar-refractivity contribution >= 4 is 11.8 Å². The van der Waals surface area contributed by atoms with E-state index in [2.05, 4.69) is 16.3 Å². The zero-order valence-corrected chi connectivity index (χ0v) is 16.5. The van der Waals surface area contributed by atoms with Gasteiger partial charge in [-0.2, -0.15) is 5.26 Å². The van der Waals surface area contributed by atoms with E-state index >= 15 is 0 Å². The zero-order chi connectivity index (χ0) is 20.2. The summed E-state index contributed by atoms with van der Waals surface area (Å²) in [5, 5.41) is 18.3. The molecule has 4 nitrogen and oxygen atoms in total. The smallest absolute Gasteiger partial charge is 0.196 e. The van der Waals surface area contributed by atoms with Gasteiger partial charge in [-0.3, -0.25) is 4.57 Å². The van der Waals surface area contributed by atoms with Crippen LogP contribution in [0, 0.1) is 24.1 Å². The second kappa shape index (κ2) is 8.29. The van der Waals surface area contributed by atoms with Gasteiger partial charge in [0.25, 0.3) is 0 Å². The minimum absolute atomic E-state index is 0.336. The molecule has 0 bridgehead atoms. The van der Waals surface area contributed by atoms with Crippen LogP contribution in [0.1, 0.15) is 16.7 Å². The minimum atomic E-state index is -0.336. The van der Waals surface area contributed by atoms with E-state index in [1.54, 1.807) is 30.3 Å². The molecule has 0 radical (unpaired) electrons. The molecule has 0 N–H and O–H groups in total. The van der Waals surface area contributed by atoms with Crippen molar-refractivity contribution in [2.75, 3.05) is 0 Å². The maximum atomic E-state index is 14.5. The summed E-state index contributed by atoms with van der Waals surface area (Å²) in [4.78, 5) is 0. The van der Waals surface area contributed by atoms with Crippen LogP contribution in [0.3, 0.4) is 0 Å². The first-order valence-corrected chi connectivity index (χ1v) is 10.0. The van der Waals surface area contributed by atoms with Gasteiger partial charge in [-0.25, -0.2) is 4.39 Å². The largest absolute Gasteiger partial charge is 0.270 e. The Hall–Kier alpha value is -3.43. The van der Waals surface area contributed by atoms with Crippen LogP contribution >= 0.6 is 11.8 Å². The maximum Gasteiger partial charge on any atom is 0.196 e.